The van der Waals surface area contributed by atoms with Crippen LogP contribution in [-0.2, 0) is 12.8 Å². The molecule has 1 aliphatic rings. The molecular weight excluding hydrogens is 226 g/mol. The highest BCUT2D eigenvalue weighted by Crippen LogP contribution is 2.36. The Labute approximate surface area is 106 Å². The lowest BCUT2D eigenvalue weighted by atomic mass is 10.1. The lowest BCUT2D eigenvalue weighted by Gasteiger charge is -2.13. The van der Waals surface area contributed by atoms with Crippen LogP contribution in [-0.4, -0.2) is 11.7 Å². The molecule has 1 aliphatic carbocycles. The van der Waals surface area contributed by atoms with E-state index < -0.39 is 0 Å². The minimum atomic E-state index is 0.363. The monoisotopic (exact) mass is 243 g/mol. The maximum absolute atomic E-state index is 9.78. The minimum absolute atomic E-state index is 0.363. The Morgan fingerprint density at radius 3 is 3.06 bits per heavy atom. The second-order valence-corrected chi connectivity index (χ2v) is 4.72. The summed E-state index contributed by atoms with van der Waals surface area (Å²) in [4.78, 5) is 0. The highest BCUT2D eigenvalue weighted by molar-refractivity contribution is 5.44. The van der Waals surface area contributed by atoms with Gasteiger partial charge < -0.3 is 14.8 Å². The molecule has 0 fully saturated rings. The van der Waals surface area contributed by atoms with E-state index in [4.69, 9.17) is 4.42 Å². The molecule has 1 heterocycles. The van der Waals surface area contributed by atoms with Gasteiger partial charge in [-0.3, -0.25) is 0 Å². The number of nitrogens with one attached hydrogen (secondary N) is 1. The second-order valence-electron chi connectivity index (χ2n) is 4.72. The summed E-state index contributed by atoms with van der Waals surface area (Å²) in [7, 11) is 0. The number of hydrogen-bond acceptors (Lipinski definition) is 3. The predicted molar refractivity (Wildman–Crippen MR) is 69.6 cm³/mol. The van der Waals surface area contributed by atoms with Crippen molar-refractivity contribution in [1.82, 2.24) is 5.32 Å². The Kier molecular flexibility index (Phi) is 3.07. The van der Waals surface area contributed by atoms with Crippen molar-refractivity contribution in [1.29, 1.82) is 0 Å². The van der Waals surface area contributed by atoms with Crippen molar-refractivity contribution < 1.29 is 9.52 Å². The van der Waals surface area contributed by atoms with Gasteiger partial charge in [0, 0.05) is 19.0 Å². The van der Waals surface area contributed by atoms with Crippen molar-refractivity contribution in [2.75, 3.05) is 6.54 Å². The number of phenols is 1. The molecule has 18 heavy (non-hydrogen) atoms. The van der Waals surface area contributed by atoms with Crippen LogP contribution in [0.15, 0.2) is 41.0 Å². The molecule has 1 aromatic heterocycles. The maximum atomic E-state index is 9.78. The molecule has 2 aromatic rings. The van der Waals surface area contributed by atoms with Crippen molar-refractivity contribution >= 4 is 0 Å². The fourth-order valence-electron chi connectivity index (χ4n) is 2.67. The zero-order chi connectivity index (χ0) is 12.4. The minimum Gasteiger partial charge on any atom is -0.508 e. The lowest BCUT2D eigenvalue weighted by molar-refractivity contribution is 0.469. The van der Waals surface area contributed by atoms with E-state index in [1.54, 1.807) is 12.3 Å². The number of rotatable bonds is 4. The van der Waals surface area contributed by atoms with Gasteiger partial charge in [-0.25, -0.2) is 0 Å². The molecule has 0 bridgehead atoms. The summed E-state index contributed by atoms with van der Waals surface area (Å²) >= 11 is 0. The van der Waals surface area contributed by atoms with Crippen LogP contribution >= 0.6 is 0 Å². The molecule has 3 rings (SSSR count). The van der Waals surface area contributed by atoms with E-state index in [0.29, 0.717) is 11.8 Å². The summed E-state index contributed by atoms with van der Waals surface area (Å²) in [6.45, 7) is 0.896. The molecule has 0 saturated carbocycles. The van der Waals surface area contributed by atoms with Gasteiger partial charge in [0.25, 0.3) is 0 Å². The summed E-state index contributed by atoms with van der Waals surface area (Å²) < 4.78 is 5.31. The van der Waals surface area contributed by atoms with Crippen molar-refractivity contribution in [2.24, 2.45) is 0 Å². The highest BCUT2D eigenvalue weighted by Gasteiger charge is 2.23. The molecule has 94 valence electrons. The number of aromatic hydroxyl groups is 1. The molecule has 2 N–H and O–H groups in total. The molecule has 0 spiro atoms. The van der Waals surface area contributed by atoms with E-state index in [-0.39, 0.29) is 0 Å². The van der Waals surface area contributed by atoms with Crippen LogP contribution in [0.3, 0.4) is 0 Å². The average molecular weight is 243 g/mol. The summed E-state index contributed by atoms with van der Waals surface area (Å²) in [6, 6.07) is 10.1. The fourth-order valence-corrected chi connectivity index (χ4v) is 2.67. The van der Waals surface area contributed by atoms with Crippen molar-refractivity contribution in [2.45, 2.75) is 25.3 Å². The van der Waals surface area contributed by atoms with Crippen LogP contribution in [0, 0.1) is 0 Å². The van der Waals surface area contributed by atoms with Crippen LogP contribution in [0.2, 0.25) is 0 Å². The number of fused-ring (bicyclic) bond motifs is 1. The Balaban J connectivity index is 1.61. The summed E-state index contributed by atoms with van der Waals surface area (Å²) in [5.41, 5.74) is 2.35. The van der Waals surface area contributed by atoms with Gasteiger partial charge in [-0.15, -0.1) is 0 Å². The van der Waals surface area contributed by atoms with E-state index in [1.807, 2.05) is 18.2 Å². The topological polar surface area (TPSA) is 45.4 Å². The largest absolute Gasteiger partial charge is 0.508 e. The quantitative estimate of drug-likeness (QED) is 0.868. The summed E-state index contributed by atoms with van der Waals surface area (Å²) in [6.07, 6.45) is 4.63. The van der Waals surface area contributed by atoms with Gasteiger partial charge in [-0.05, 0) is 42.2 Å². The zero-order valence-electron chi connectivity index (χ0n) is 10.2. The van der Waals surface area contributed by atoms with Crippen LogP contribution in [0.1, 0.15) is 29.3 Å². The third-order valence-electron chi connectivity index (χ3n) is 3.59. The summed E-state index contributed by atoms with van der Waals surface area (Å²) in [5.74, 6) is 1.44. The predicted octanol–water partition coefficient (Wildman–Crippen LogP) is 2.80. The standard InChI is InChI=1S/C15H17NO2/c17-15-5-1-4-12-13(15)6-7-14(12)16-9-8-11-3-2-10-18-11/h1-5,10,14,16-17H,6-9H2. The molecule has 0 aliphatic heterocycles. The van der Waals surface area contributed by atoms with Crippen LogP contribution in [0.25, 0.3) is 0 Å². The summed E-state index contributed by atoms with van der Waals surface area (Å²) in [5, 5.41) is 13.3. The molecule has 3 heteroatoms. The molecular formula is C15H17NO2. The number of benzene rings is 1. The first-order chi connectivity index (χ1) is 8.84. The smallest absolute Gasteiger partial charge is 0.119 e. The Morgan fingerprint density at radius 1 is 1.28 bits per heavy atom. The van der Waals surface area contributed by atoms with E-state index in [9.17, 15) is 5.11 Å². The first-order valence-electron chi connectivity index (χ1n) is 6.41. The van der Waals surface area contributed by atoms with E-state index in [2.05, 4.69) is 11.4 Å². The van der Waals surface area contributed by atoms with Crippen molar-refractivity contribution in [3.63, 3.8) is 0 Å². The molecule has 1 atom stereocenters. The van der Waals surface area contributed by atoms with Gasteiger partial charge in [0.05, 0.1) is 6.26 Å². The number of hydrogen-bond donors (Lipinski definition) is 2. The number of phenolic OH excluding ortho intramolecular Hbond substituents is 1. The Hall–Kier alpha value is -1.74. The Bertz CT molecular complexity index is 519. The highest BCUT2D eigenvalue weighted by atomic mass is 16.3. The van der Waals surface area contributed by atoms with Gasteiger partial charge in [0.1, 0.15) is 11.5 Å². The van der Waals surface area contributed by atoms with E-state index in [1.165, 1.54) is 5.56 Å². The molecule has 3 nitrogen and oxygen atoms in total. The van der Waals surface area contributed by atoms with E-state index in [0.717, 1.165) is 37.1 Å². The van der Waals surface area contributed by atoms with Gasteiger partial charge in [-0.2, -0.15) is 0 Å². The first kappa shape index (κ1) is 11.4. The normalized spacial score (nSPS) is 17.9. The average Bonchev–Trinajstić information content (AvgIpc) is 3.00. The fraction of sp³-hybridized carbons (Fsp3) is 0.333. The van der Waals surface area contributed by atoms with E-state index >= 15 is 0 Å². The van der Waals surface area contributed by atoms with Crippen LogP contribution in [0.4, 0.5) is 0 Å². The molecule has 0 radical (unpaired) electrons. The second kappa shape index (κ2) is 4.86. The lowest BCUT2D eigenvalue weighted by Crippen LogP contribution is -2.21. The first-order valence-corrected chi connectivity index (χ1v) is 6.41. The van der Waals surface area contributed by atoms with Gasteiger partial charge in [-0.1, -0.05) is 12.1 Å². The Morgan fingerprint density at radius 2 is 2.22 bits per heavy atom. The van der Waals surface area contributed by atoms with Gasteiger partial charge >= 0.3 is 0 Å². The van der Waals surface area contributed by atoms with Gasteiger partial charge in [0.15, 0.2) is 0 Å². The molecule has 1 aromatic carbocycles. The van der Waals surface area contributed by atoms with Crippen molar-refractivity contribution in [3.8, 4) is 5.75 Å². The molecule has 0 amide bonds. The third kappa shape index (κ3) is 2.14. The molecule has 1 unspecified atom stereocenters. The van der Waals surface area contributed by atoms with Gasteiger partial charge in [0.2, 0.25) is 0 Å². The van der Waals surface area contributed by atoms with Crippen LogP contribution in [0.5, 0.6) is 5.75 Å². The third-order valence-corrected chi connectivity index (χ3v) is 3.59. The number of furan rings is 1. The zero-order valence-corrected chi connectivity index (χ0v) is 10.2. The SMILES string of the molecule is Oc1cccc2c1CCC2NCCc1ccco1. The van der Waals surface area contributed by atoms with Crippen molar-refractivity contribution in [3.05, 3.63) is 53.5 Å². The molecule has 0 saturated heterocycles. The van der Waals surface area contributed by atoms with Crippen LogP contribution < -0.4 is 5.32 Å². The maximum Gasteiger partial charge on any atom is 0.119 e.